The second-order valence-corrected chi connectivity index (χ2v) is 10.9. The van der Waals surface area contributed by atoms with E-state index in [1.54, 1.807) is 47.6 Å². The highest BCUT2D eigenvalue weighted by Gasteiger charge is 2.20. The van der Waals surface area contributed by atoms with Crippen molar-refractivity contribution in [2.45, 2.75) is 88.9 Å². The van der Waals surface area contributed by atoms with Crippen LogP contribution in [0.1, 0.15) is 71.1 Å². The molecule has 0 bridgehead atoms. The minimum absolute atomic E-state index is 0.0352. The summed E-state index contributed by atoms with van der Waals surface area (Å²) >= 11 is 7.46. The summed E-state index contributed by atoms with van der Waals surface area (Å²) in [5, 5.41) is 11.9. The van der Waals surface area contributed by atoms with Gasteiger partial charge in [0.1, 0.15) is 18.5 Å². The van der Waals surface area contributed by atoms with E-state index in [2.05, 4.69) is 16.9 Å². The fourth-order valence-electron chi connectivity index (χ4n) is 4.23. The Labute approximate surface area is 227 Å². The standard InChI is InChI=1S/C27H39ClN4O4S/c1-3-4-5-6-7-8-9-10-11-12-17-37-27-29-24-23(25(34)30-26(35)31(24)2)32(27)18-21(33)19-36-22-15-13-20(28)14-16-22/h13-16,21,33H,3-12,17-19H2,1-2H3,(H,30,34,35)/t21-/m0/s1. The molecule has 0 saturated heterocycles. The number of aromatic amines is 1. The Balaban J connectivity index is 1.58. The number of thioether (sulfide) groups is 1. The second-order valence-electron chi connectivity index (χ2n) is 9.44. The van der Waals surface area contributed by atoms with Crippen LogP contribution in [0.2, 0.25) is 5.02 Å². The highest BCUT2D eigenvalue weighted by molar-refractivity contribution is 7.99. The fraction of sp³-hybridized carbons (Fsp3) is 0.593. The Kier molecular flexibility index (Phi) is 12.1. The molecule has 204 valence electrons. The number of nitrogens with zero attached hydrogens (tertiary/aromatic N) is 3. The Hall–Kier alpha value is -2.23. The van der Waals surface area contributed by atoms with Crippen LogP contribution in [0.3, 0.4) is 0 Å². The quantitative estimate of drug-likeness (QED) is 0.169. The third-order valence-corrected chi connectivity index (χ3v) is 7.67. The van der Waals surface area contributed by atoms with Gasteiger partial charge in [-0.2, -0.15) is 0 Å². The summed E-state index contributed by atoms with van der Waals surface area (Å²) in [6.07, 6.45) is 11.8. The summed E-state index contributed by atoms with van der Waals surface area (Å²) in [6, 6.07) is 6.90. The number of aliphatic hydroxyl groups is 1. The number of aliphatic hydroxyl groups excluding tert-OH is 1. The van der Waals surface area contributed by atoms with E-state index >= 15 is 0 Å². The number of imidazole rings is 1. The van der Waals surface area contributed by atoms with Gasteiger partial charge in [-0.25, -0.2) is 9.78 Å². The van der Waals surface area contributed by atoms with Gasteiger partial charge in [0.2, 0.25) is 0 Å². The number of fused-ring (bicyclic) bond motifs is 1. The van der Waals surface area contributed by atoms with Gasteiger partial charge in [-0.15, -0.1) is 0 Å². The van der Waals surface area contributed by atoms with Crippen molar-refractivity contribution < 1.29 is 9.84 Å². The molecule has 2 heterocycles. The van der Waals surface area contributed by atoms with Crippen molar-refractivity contribution >= 4 is 34.5 Å². The maximum absolute atomic E-state index is 12.7. The molecule has 1 aromatic carbocycles. The van der Waals surface area contributed by atoms with Crippen LogP contribution in [0.15, 0.2) is 39.0 Å². The molecule has 2 N–H and O–H groups in total. The second kappa shape index (κ2) is 15.2. The summed E-state index contributed by atoms with van der Waals surface area (Å²) in [7, 11) is 1.58. The molecular weight excluding hydrogens is 512 g/mol. The van der Waals surface area contributed by atoms with Crippen LogP contribution in [-0.2, 0) is 13.6 Å². The number of aryl methyl sites for hydroxylation is 1. The van der Waals surface area contributed by atoms with E-state index in [9.17, 15) is 14.7 Å². The summed E-state index contributed by atoms with van der Waals surface area (Å²) in [4.78, 5) is 31.7. The van der Waals surface area contributed by atoms with Gasteiger partial charge in [0.05, 0.1) is 6.54 Å². The molecule has 1 atom stereocenters. The lowest BCUT2D eigenvalue weighted by molar-refractivity contribution is 0.0914. The molecular formula is C27H39ClN4O4S. The zero-order chi connectivity index (χ0) is 26.6. The van der Waals surface area contributed by atoms with Crippen molar-refractivity contribution in [3.63, 3.8) is 0 Å². The van der Waals surface area contributed by atoms with Gasteiger partial charge in [-0.05, 0) is 30.7 Å². The molecule has 0 aliphatic heterocycles. The van der Waals surface area contributed by atoms with Crippen LogP contribution in [-0.4, -0.2) is 42.7 Å². The van der Waals surface area contributed by atoms with Gasteiger partial charge in [0.15, 0.2) is 16.3 Å². The van der Waals surface area contributed by atoms with Crippen LogP contribution < -0.4 is 16.0 Å². The SMILES string of the molecule is CCCCCCCCCCCCSc1nc2c(c(=O)[nH]c(=O)n2C)n1C[C@H](O)COc1ccc(Cl)cc1. The smallest absolute Gasteiger partial charge is 0.329 e. The monoisotopic (exact) mass is 550 g/mol. The van der Waals surface area contributed by atoms with E-state index in [4.69, 9.17) is 16.3 Å². The molecule has 0 aliphatic carbocycles. The normalized spacial score (nSPS) is 12.3. The molecule has 0 radical (unpaired) electrons. The Morgan fingerprint density at radius 1 is 1.03 bits per heavy atom. The van der Waals surface area contributed by atoms with E-state index in [-0.39, 0.29) is 18.7 Å². The van der Waals surface area contributed by atoms with Crippen LogP contribution in [0, 0.1) is 0 Å². The number of unbranched alkanes of at least 4 members (excludes halogenated alkanes) is 9. The lowest BCUT2D eigenvalue weighted by Crippen LogP contribution is -2.30. The fourth-order valence-corrected chi connectivity index (χ4v) is 5.36. The van der Waals surface area contributed by atoms with Gasteiger partial charge < -0.3 is 14.4 Å². The number of hydrogen-bond acceptors (Lipinski definition) is 6. The number of nitrogens with one attached hydrogen (secondary N) is 1. The van der Waals surface area contributed by atoms with Gasteiger partial charge in [-0.3, -0.25) is 14.3 Å². The molecule has 0 aliphatic rings. The maximum atomic E-state index is 12.7. The molecule has 0 saturated carbocycles. The van der Waals surface area contributed by atoms with Gasteiger partial charge in [0.25, 0.3) is 5.56 Å². The largest absolute Gasteiger partial charge is 0.491 e. The highest BCUT2D eigenvalue weighted by atomic mass is 35.5. The number of hydrogen-bond donors (Lipinski definition) is 2. The molecule has 0 unspecified atom stereocenters. The van der Waals surface area contributed by atoms with Gasteiger partial charge in [-0.1, -0.05) is 88.1 Å². The van der Waals surface area contributed by atoms with Crippen molar-refractivity contribution in [3.8, 4) is 5.75 Å². The maximum Gasteiger partial charge on any atom is 0.329 e. The van der Waals surface area contributed by atoms with Crippen LogP contribution in [0.4, 0.5) is 0 Å². The minimum Gasteiger partial charge on any atom is -0.491 e. The summed E-state index contributed by atoms with van der Waals surface area (Å²) in [6.45, 7) is 2.39. The topological polar surface area (TPSA) is 102 Å². The number of aromatic nitrogens is 4. The highest BCUT2D eigenvalue weighted by Crippen LogP contribution is 2.24. The van der Waals surface area contributed by atoms with E-state index in [0.29, 0.717) is 21.6 Å². The van der Waals surface area contributed by atoms with Crippen molar-refractivity contribution in [3.05, 3.63) is 50.1 Å². The van der Waals surface area contributed by atoms with Crippen LogP contribution in [0.5, 0.6) is 5.75 Å². The van der Waals surface area contributed by atoms with E-state index in [0.717, 1.165) is 18.6 Å². The molecule has 0 spiro atoms. The van der Waals surface area contributed by atoms with Crippen LogP contribution in [0.25, 0.3) is 11.2 Å². The summed E-state index contributed by atoms with van der Waals surface area (Å²) in [5.74, 6) is 1.44. The van der Waals surface area contributed by atoms with Crippen molar-refractivity contribution in [1.29, 1.82) is 0 Å². The third-order valence-electron chi connectivity index (χ3n) is 6.35. The average Bonchev–Trinajstić information content (AvgIpc) is 3.24. The van der Waals surface area contributed by atoms with Crippen molar-refractivity contribution in [2.75, 3.05) is 12.4 Å². The predicted molar refractivity (Wildman–Crippen MR) is 151 cm³/mol. The lowest BCUT2D eigenvalue weighted by atomic mass is 10.1. The third kappa shape index (κ3) is 8.93. The molecule has 0 fully saturated rings. The first-order valence-electron chi connectivity index (χ1n) is 13.3. The number of H-pyrrole nitrogens is 1. The molecule has 8 nitrogen and oxygen atoms in total. The Morgan fingerprint density at radius 3 is 2.30 bits per heavy atom. The number of halogens is 1. The van der Waals surface area contributed by atoms with Crippen LogP contribution >= 0.6 is 23.4 Å². The zero-order valence-corrected chi connectivity index (χ0v) is 23.5. The van der Waals surface area contributed by atoms with Crippen molar-refractivity contribution in [1.82, 2.24) is 19.1 Å². The first-order chi connectivity index (χ1) is 17.9. The van der Waals surface area contributed by atoms with Crippen molar-refractivity contribution in [2.24, 2.45) is 7.05 Å². The predicted octanol–water partition coefficient (Wildman–Crippen LogP) is 5.53. The molecule has 3 rings (SSSR count). The lowest BCUT2D eigenvalue weighted by Gasteiger charge is -2.15. The number of ether oxygens (including phenoxy) is 1. The average molecular weight is 551 g/mol. The van der Waals surface area contributed by atoms with E-state index in [1.165, 1.54) is 55.9 Å². The molecule has 10 heteroatoms. The molecule has 3 aromatic rings. The molecule has 37 heavy (non-hydrogen) atoms. The first-order valence-corrected chi connectivity index (χ1v) is 14.7. The van der Waals surface area contributed by atoms with E-state index < -0.39 is 17.4 Å². The molecule has 0 amide bonds. The minimum atomic E-state index is -0.888. The Morgan fingerprint density at radius 2 is 1.65 bits per heavy atom. The van der Waals surface area contributed by atoms with E-state index in [1.807, 2.05) is 0 Å². The number of benzene rings is 1. The summed E-state index contributed by atoms with van der Waals surface area (Å²) in [5.41, 5.74) is -0.439. The van der Waals surface area contributed by atoms with Gasteiger partial charge in [0, 0.05) is 17.8 Å². The first kappa shape index (κ1) is 29.3. The Bertz CT molecular complexity index is 1220. The summed E-state index contributed by atoms with van der Waals surface area (Å²) < 4.78 is 8.71. The molecule has 2 aromatic heterocycles. The zero-order valence-electron chi connectivity index (χ0n) is 21.9. The number of rotatable bonds is 17. The van der Waals surface area contributed by atoms with Gasteiger partial charge >= 0.3 is 5.69 Å².